The monoisotopic (exact) mass is 211 g/mol. The van der Waals surface area contributed by atoms with Crippen molar-refractivity contribution in [3.05, 3.63) is 35.6 Å². The zero-order valence-corrected chi connectivity index (χ0v) is 8.55. The van der Waals surface area contributed by atoms with Crippen LogP contribution in [0, 0.1) is 11.7 Å². The van der Waals surface area contributed by atoms with Crippen LogP contribution in [-0.4, -0.2) is 19.3 Å². The molecule has 1 nitrogen and oxygen atoms in total. The summed E-state index contributed by atoms with van der Waals surface area (Å²) in [6.07, 6.45) is 0.448. The highest BCUT2D eigenvalue weighted by molar-refractivity contribution is 5.18. The molecule has 0 amide bonds. The van der Waals surface area contributed by atoms with E-state index < -0.39 is 6.17 Å². The van der Waals surface area contributed by atoms with Crippen molar-refractivity contribution in [1.82, 2.24) is 5.32 Å². The average Bonchev–Trinajstić information content (AvgIpc) is 2.24. The van der Waals surface area contributed by atoms with Gasteiger partial charge in [0.15, 0.2) is 0 Å². The number of piperidine rings is 1. The zero-order chi connectivity index (χ0) is 10.7. The number of alkyl halides is 1. The first-order valence-corrected chi connectivity index (χ1v) is 5.35. The summed E-state index contributed by atoms with van der Waals surface area (Å²) in [6.45, 7) is 1.23. The molecule has 1 N–H and O–H groups in total. The third-order valence-corrected chi connectivity index (χ3v) is 2.98. The molecule has 1 aliphatic rings. The maximum Gasteiger partial charge on any atom is 0.126 e. The first kappa shape index (κ1) is 10.6. The highest BCUT2D eigenvalue weighted by Gasteiger charge is 2.25. The smallest absolute Gasteiger partial charge is 0.126 e. The van der Waals surface area contributed by atoms with Gasteiger partial charge in [0.2, 0.25) is 0 Å². The van der Waals surface area contributed by atoms with Gasteiger partial charge in [-0.05, 0) is 36.9 Å². The summed E-state index contributed by atoms with van der Waals surface area (Å²) in [4.78, 5) is 0. The van der Waals surface area contributed by atoms with Crippen molar-refractivity contribution in [1.29, 1.82) is 0 Å². The van der Waals surface area contributed by atoms with Gasteiger partial charge in [0.25, 0.3) is 0 Å². The molecule has 0 radical (unpaired) electrons. The largest absolute Gasteiger partial charge is 0.314 e. The van der Waals surface area contributed by atoms with Crippen LogP contribution in [0.15, 0.2) is 24.3 Å². The fraction of sp³-hybridized carbons (Fsp3) is 0.500. The molecular formula is C12H15F2N. The van der Waals surface area contributed by atoms with Crippen molar-refractivity contribution < 1.29 is 8.78 Å². The first-order chi connectivity index (χ1) is 7.27. The van der Waals surface area contributed by atoms with Gasteiger partial charge in [-0.2, -0.15) is 0 Å². The van der Waals surface area contributed by atoms with Crippen LogP contribution in [-0.2, 0) is 6.42 Å². The first-order valence-electron chi connectivity index (χ1n) is 5.35. The van der Waals surface area contributed by atoms with Crippen LogP contribution in [0.1, 0.15) is 12.0 Å². The fourth-order valence-electron chi connectivity index (χ4n) is 2.05. The molecule has 82 valence electrons. The molecule has 1 saturated heterocycles. The SMILES string of the molecule is Fc1ccccc1CC1CCNCC1F. The van der Waals surface area contributed by atoms with Gasteiger partial charge in [-0.1, -0.05) is 18.2 Å². The van der Waals surface area contributed by atoms with Gasteiger partial charge in [0, 0.05) is 6.54 Å². The molecule has 1 fully saturated rings. The molecule has 0 aromatic heterocycles. The third kappa shape index (κ3) is 2.53. The topological polar surface area (TPSA) is 12.0 Å². The van der Waals surface area contributed by atoms with Gasteiger partial charge >= 0.3 is 0 Å². The Morgan fingerprint density at radius 3 is 2.87 bits per heavy atom. The maximum absolute atomic E-state index is 13.5. The number of halogens is 2. The Morgan fingerprint density at radius 2 is 2.13 bits per heavy atom. The molecule has 0 spiro atoms. The Morgan fingerprint density at radius 1 is 1.33 bits per heavy atom. The van der Waals surface area contributed by atoms with Gasteiger partial charge in [0.05, 0.1) is 0 Å². The zero-order valence-electron chi connectivity index (χ0n) is 8.55. The molecule has 2 unspecified atom stereocenters. The minimum Gasteiger partial charge on any atom is -0.314 e. The molecule has 1 aliphatic heterocycles. The summed E-state index contributed by atoms with van der Waals surface area (Å²) < 4.78 is 26.8. The van der Waals surface area contributed by atoms with Crippen molar-refractivity contribution in [2.45, 2.75) is 19.0 Å². The number of nitrogens with one attached hydrogen (secondary N) is 1. The predicted molar refractivity (Wildman–Crippen MR) is 56.0 cm³/mol. The lowest BCUT2D eigenvalue weighted by Crippen LogP contribution is -2.38. The van der Waals surface area contributed by atoms with Gasteiger partial charge in [0.1, 0.15) is 12.0 Å². The normalized spacial score (nSPS) is 26.5. The van der Waals surface area contributed by atoms with Crippen LogP contribution in [0.3, 0.4) is 0 Å². The second-order valence-electron chi connectivity index (χ2n) is 4.06. The van der Waals surface area contributed by atoms with Crippen LogP contribution >= 0.6 is 0 Å². The molecule has 0 aliphatic carbocycles. The lowest BCUT2D eigenvalue weighted by molar-refractivity contribution is 0.178. The summed E-state index contributed by atoms with van der Waals surface area (Å²) in [5, 5.41) is 3.00. The van der Waals surface area contributed by atoms with Crippen LogP contribution in [0.4, 0.5) is 8.78 Å². The molecule has 15 heavy (non-hydrogen) atoms. The number of hydrogen-bond acceptors (Lipinski definition) is 1. The van der Waals surface area contributed by atoms with E-state index in [-0.39, 0.29) is 11.7 Å². The van der Waals surface area contributed by atoms with E-state index in [9.17, 15) is 8.78 Å². The summed E-state index contributed by atoms with van der Waals surface area (Å²) in [6, 6.07) is 6.63. The lowest BCUT2D eigenvalue weighted by Gasteiger charge is -2.26. The van der Waals surface area contributed by atoms with Gasteiger partial charge in [-0.15, -0.1) is 0 Å². The van der Waals surface area contributed by atoms with E-state index in [0.29, 0.717) is 18.5 Å². The van der Waals surface area contributed by atoms with E-state index in [0.717, 1.165) is 13.0 Å². The Kier molecular flexibility index (Phi) is 3.31. The standard InChI is InChI=1S/C12H15F2N/c13-11-4-2-1-3-9(11)7-10-5-6-15-8-12(10)14/h1-4,10,12,15H,5-8H2. The molecule has 1 heterocycles. The Labute approximate surface area is 88.5 Å². The van der Waals surface area contributed by atoms with E-state index in [4.69, 9.17) is 0 Å². The summed E-state index contributed by atoms with van der Waals surface area (Å²) in [5.74, 6) is -0.258. The fourth-order valence-corrected chi connectivity index (χ4v) is 2.05. The molecule has 3 heteroatoms. The van der Waals surface area contributed by atoms with Crippen LogP contribution < -0.4 is 5.32 Å². The van der Waals surface area contributed by atoms with Crippen LogP contribution in [0.2, 0.25) is 0 Å². The molecule has 0 saturated carbocycles. The highest BCUT2D eigenvalue weighted by atomic mass is 19.1. The van der Waals surface area contributed by atoms with Crippen molar-refractivity contribution >= 4 is 0 Å². The van der Waals surface area contributed by atoms with E-state index >= 15 is 0 Å². The number of rotatable bonds is 2. The minimum absolute atomic E-state index is 0.0388. The molecule has 1 aromatic rings. The Balaban J connectivity index is 2.04. The van der Waals surface area contributed by atoms with Gasteiger partial charge in [-0.25, -0.2) is 8.78 Å². The summed E-state index contributed by atoms with van der Waals surface area (Å²) >= 11 is 0. The second-order valence-corrected chi connectivity index (χ2v) is 4.06. The third-order valence-electron chi connectivity index (χ3n) is 2.98. The van der Waals surface area contributed by atoms with Crippen molar-refractivity contribution in [3.8, 4) is 0 Å². The maximum atomic E-state index is 13.5. The number of hydrogen-bond donors (Lipinski definition) is 1. The molecular weight excluding hydrogens is 196 g/mol. The highest BCUT2D eigenvalue weighted by Crippen LogP contribution is 2.22. The van der Waals surface area contributed by atoms with Crippen molar-refractivity contribution in [2.24, 2.45) is 5.92 Å². The van der Waals surface area contributed by atoms with Crippen molar-refractivity contribution in [2.75, 3.05) is 13.1 Å². The Hall–Kier alpha value is -0.960. The molecule has 1 aromatic carbocycles. The molecule has 0 bridgehead atoms. The predicted octanol–water partition coefficient (Wildman–Crippen LogP) is 2.32. The average molecular weight is 211 g/mol. The summed E-state index contributed by atoms with van der Waals surface area (Å²) in [7, 11) is 0. The molecule has 2 rings (SSSR count). The van der Waals surface area contributed by atoms with Gasteiger partial charge in [-0.3, -0.25) is 0 Å². The lowest BCUT2D eigenvalue weighted by atomic mass is 9.89. The van der Waals surface area contributed by atoms with E-state index in [1.54, 1.807) is 18.2 Å². The van der Waals surface area contributed by atoms with Crippen LogP contribution in [0.5, 0.6) is 0 Å². The Bertz CT molecular complexity index is 327. The van der Waals surface area contributed by atoms with Crippen molar-refractivity contribution in [3.63, 3.8) is 0 Å². The van der Waals surface area contributed by atoms with E-state index in [1.807, 2.05) is 0 Å². The van der Waals surface area contributed by atoms with Crippen LogP contribution in [0.25, 0.3) is 0 Å². The minimum atomic E-state index is -0.849. The second kappa shape index (κ2) is 4.71. The van der Waals surface area contributed by atoms with Gasteiger partial charge < -0.3 is 5.32 Å². The van der Waals surface area contributed by atoms with E-state index in [1.165, 1.54) is 6.07 Å². The quantitative estimate of drug-likeness (QED) is 0.791. The van der Waals surface area contributed by atoms with E-state index in [2.05, 4.69) is 5.32 Å². The summed E-state index contributed by atoms with van der Waals surface area (Å²) in [5.41, 5.74) is 0.632. The molecule has 2 atom stereocenters. The number of benzene rings is 1.